The first-order chi connectivity index (χ1) is 36.9. The molecular formula is C50H90IN8O18+. The van der Waals surface area contributed by atoms with Gasteiger partial charge >= 0.3 is 23.8 Å². The van der Waals surface area contributed by atoms with Crippen molar-refractivity contribution < 1.29 is 93.1 Å². The monoisotopic (exact) mass is 1220 g/mol. The number of aliphatic hydroxyl groups excluding tert-OH is 1. The van der Waals surface area contributed by atoms with E-state index in [0.717, 1.165) is 57.8 Å². The fourth-order valence-corrected chi connectivity index (χ4v) is 8.02. The molecule has 0 spiro atoms. The number of carboxylic acids is 3. The maximum Gasteiger partial charge on any atom is 0.333 e. The van der Waals surface area contributed by atoms with Gasteiger partial charge in [-0.1, -0.05) is 77.0 Å². The molecule has 0 aliphatic carbocycles. The normalized spacial score (nSPS) is 13.0. The predicted molar refractivity (Wildman–Crippen MR) is 288 cm³/mol. The van der Waals surface area contributed by atoms with Gasteiger partial charge in [-0.05, 0) is 51.9 Å². The lowest BCUT2D eigenvalue weighted by atomic mass is 10.0. The van der Waals surface area contributed by atoms with Gasteiger partial charge in [0.15, 0.2) is 6.04 Å². The van der Waals surface area contributed by atoms with Crippen LogP contribution >= 0.6 is 22.9 Å². The van der Waals surface area contributed by atoms with Gasteiger partial charge < -0.3 is 71.3 Å². The van der Waals surface area contributed by atoms with Crippen molar-refractivity contribution in [3.05, 3.63) is 0 Å². The minimum atomic E-state index is -1.40. The van der Waals surface area contributed by atoms with Crippen molar-refractivity contribution in [2.45, 2.75) is 185 Å². The van der Waals surface area contributed by atoms with Crippen LogP contribution in [0.15, 0.2) is 0 Å². The molecule has 0 aromatic rings. The van der Waals surface area contributed by atoms with Gasteiger partial charge in [-0.25, -0.2) is 17.9 Å². The Morgan fingerprint density at radius 1 is 0.442 bits per heavy atom. The van der Waals surface area contributed by atoms with Crippen LogP contribution < -0.4 is 41.2 Å². The third-order valence-electron chi connectivity index (χ3n) is 11.8. The summed E-state index contributed by atoms with van der Waals surface area (Å²) >= 11 is 1.84. The average molecular weight is 1220 g/mol. The molecule has 0 bridgehead atoms. The van der Waals surface area contributed by atoms with E-state index >= 15 is 0 Å². The van der Waals surface area contributed by atoms with Crippen molar-refractivity contribution in [3.63, 3.8) is 0 Å². The fourth-order valence-electron chi connectivity index (χ4n) is 7.43. The van der Waals surface area contributed by atoms with Crippen molar-refractivity contribution in [2.24, 2.45) is 0 Å². The molecule has 0 aromatic carbocycles. The maximum atomic E-state index is 12.5. The summed E-state index contributed by atoms with van der Waals surface area (Å²) in [5, 5.41) is 52.7. The highest BCUT2D eigenvalue weighted by Gasteiger charge is 2.29. The molecule has 77 heavy (non-hydrogen) atoms. The van der Waals surface area contributed by atoms with Gasteiger partial charge in [-0.15, -0.1) is 0 Å². The number of carbonyl (C=O) groups is 10. The fraction of sp³-hybridized carbons (Fsp3) is 0.800. The molecule has 0 aliphatic heterocycles. The summed E-state index contributed by atoms with van der Waals surface area (Å²) in [6, 6.07) is -4.42. The lowest BCUT2D eigenvalue weighted by molar-refractivity contribution is -0.310. The molecule has 0 saturated carbocycles. The second kappa shape index (κ2) is 48.5. The van der Waals surface area contributed by atoms with Gasteiger partial charge in [0.2, 0.25) is 35.4 Å². The zero-order valence-electron chi connectivity index (χ0n) is 45.0. The molecule has 444 valence electrons. The average Bonchev–Trinajstić information content (AvgIpc) is 3.37. The number of unbranched alkanes of at least 4 members (excludes halogenated alkanes) is 14. The molecule has 0 heterocycles. The summed E-state index contributed by atoms with van der Waals surface area (Å²) in [7, 11) is 0. The number of amides is 7. The van der Waals surface area contributed by atoms with E-state index in [0.29, 0.717) is 32.2 Å². The lowest BCUT2D eigenvalue weighted by Gasteiger charge is -2.20. The number of nitrogens with one attached hydrogen (secondary N) is 7. The first kappa shape index (κ1) is 72.3. The standard InChI is InChI=1S/C50H89IN8O18/c1-36(60)46(47(52)68)58-48(69)37(59-51)18-16-17-25-53-43(64)34-76-32-31-75-29-27-55-44(65)35-77-33-30-74-28-26-54-40(61)23-21-38(49(70)71)57-42(63)24-22-39(50(72)73)56-41(62)19-14-12-10-8-6-4-2-3-5-7-9-11-13-15-20-45(66)67/h36-39,46,59-60H,2-35H2,1H3,(H2,52,68)(H,53,64)(H,54,61)(H,55,65)(H,56,62)(H,57,63)(H,58,69)(H,66,67)(H,70,71)(H,72,73)/p+1. The van der Waals surface area contributed by atoms with Gasteiger partial charge in [-0.3, -0.25) is 39.3 Å². The molecule has 5 atom stereocenters. The number of carboxylic acid groups (broad SMARTS) is 3. The molecule has 14 N–H and O–H groups in total. The highest BCUT2D eigenvalue weighted by Crippen LogP contribution is 2.14. The van der Waals surface area contributed by atoms with Gasteiger partial charge in [0, 0.05) is 68.2 Å². The van der Waals surface area contributed by atoms with Gasteiger partial charge in [0.25, 0.3) is 0 Å². The molecule has 26 nitrogen and oxygen atoms in total. The minimum Gasteiger partial charge on any atom is -0.481 e. The first-order valence-corrected chi connectivity index (χ1v) is 28.0. The number of hydrogen-bond donors (Lipinski definition) is 12. The summed E-state index contributed by atoms with van der Waals surface area (Å²) in [6.07, 6.45) is 14.3. The van der Waals surface area contributed by atoms with E-state index in [9.17, 15) is 63.3 Å². The van der Waals surface area contributed by atoms with E-state index in [4.69, 9.17) is 24.1 Å². The van der Waals surface area contributed by atoms with Crippen LogP contribution in [0.1, 0.15) is 155 Å². The Morgan fingerprint density at radius 2 is 0.844 bits per heavy atom. The Morgan fingerprint density at radius 3 is 1.27 bits per heavy atom. The van der Waals surface area contributed by atoms with E-state index in [2.05, 4.69) is 41.2 Å². The Hall–Kier alpha value is -4.65. The van der Waals surface area contributed by atoms with Crippen LogP contribution in [-0.4, -0.2) is 182 Å². The van der Waals surface area contributed by atoms with Crippen molar-refractivity contribution in [1.82, 2.24) is 35.4 Å². The molecule has 0 aromatic heterocycles. The number of aliphatic hydroxyl groups is 1. The van der Waals surface area contributed by atoms with Crippen LogP contribution in [0.5, 0.6) is 0 Å². The molecule has 7 amide bonds. The van der Waals surface area contributed by atoms with E-state index in [1.165, 1.54) is 32.6 Å². The molecule has 27 heteroatoms. The number of hydrogen-bond acceptors (Lipinski definition) is 16. The zero-order chi connectivity index (χ0) is 57.5. The number of halogens is 1. The zero-order valence-corrected chi connectivity index (χ0v) is 47.2. The van der Waals surface area contributed by atoms with Crippen molar-refractivity contribution in [3.8, 4) is 0 Å². The molecule has 0 rings (SSSR count). The van der Waals surface area contributed by atoms with Gasteiger partial charge in [0.1, 0.15) is 25.3 Å². The number of aliphatic carboxylic acids is 3. The highest BCUT2D eigenvalue weighted by molar-refractivity contribution is 14.1. The number of carbonyl (C=O) groups excluding carboxylic acids is 7. The van der Waals surface area contributed by atoms with Crippen LogP contribution in [0, 0.1) is 0 Å². The third-order valence-corrected chi connectivity index (χ3v) is 12.5. The Bertz CT molecular complexity index is 1720. The number of rotatable bonds is 53. The second-order valence-corrected chi connectivity index (χ2v) is 19.2. The van der Waals surface area contributed by atoms with E-state index in [1.807, 2.05) is 22.9 Å². The van der Waals surface area contributed by atoms with Crippen LogP contribution in [0.4, 0.5) is 0 Å². The summed E-state index contributed by atoms with van der Waals surface area (Å²) < 4.78 is 24.2. The van der Waals surface area contributed by atoms with E-state index in [1.54, 1.807) is 0 Å². The molecule has 0 aliphatic rings. The quantitative estimate of drug-likeness (QED) is 0.0225. The Labute approximate surface area is 466 Å². The first-order valence-electron chi connectivity index (χ1n) is 26.9. The number of quaternary nitrogens is 1. The molecular weight excluding hydrogens is 1130 g/mol. The Kier molecular flexibility index (Phi) is 45.5. The minimum absolute atomic E-state index is 0.0938. The lowest BCUT2D eigenvalue weighted by Crippen LogP contribution is -2.69. The van der Waals surface area contributed by atoms with E-state index < -0.39 is 77.7 Å². The van der Waals surface area contributed by atoms with Crippen LogP contribution in [0.25, 0.3) is 0 Å². The van der Waals surface area contributed by atoms with Crippen molar-refractivity contribution in [2.75, 3.05) is 72.5 Å². The highest BCUT2D eigenvalue weighted by atomic mass is 127. The van der Waals surface area contributed by atoms with Crippen LogP contribution in [0.3, 0.4) is 0 Å². The SMILES string of the molecule is CC(O)C(NC(=O)C(CCCCNC(=O)COCCOCCNC(=O)COCCOCCNC(=O)CCC(NC(=O)CCC(NC(=O)CCCCCCCCCCCCCCCCC(=O)O)C(=O)O)C(=O)O)NI)C([NH3+])=O. The smallest absolute Gasteiger partial charge is 0.333 e. The van der Waals surface area contributed by atoms with E-state index in [-0.39, 0.29) is 116 Å². The van der Waals surface area contributed by atoms with Crippen LogP contribution in [0.2, 0.25) is 0 Å². The summed E-state index contributed by atoms with van der Waals surface area (Å²) in [5.41, 5.74) is 3.26. The van der Waals surface area contributed by atoms with Gasteiger partial charge in [0.05, 0.1) is 51.8 Å². The number of ether oxygens (including phenoxy) is 4. The van der Waals surface area contributed by atoms with Crippen molar-refractivity contribution in [1.29, 1.82) is 0 Å². The molecule has 5 unspecified atom stereocenters. The van der Waals surface area contributed by atoms with Crippen molar-refractivity contribution >= 4 is 82.1 Å². The maximum absolute atomic E-state index is 12.5. The molecule has 0 fully saturated rings. The Balaban J connectivity index is 3.95. The predicted octanol–water partition coefficient (Wildman–Crippen LogP) is 0.539. The largest absolute Gasteiger partial charge is 0.481 e. The summed E-state index contributed by atoms with van der Waals surface area (Å²) in [5.74, 6) is -6.81. The van der Waals surface area contributed by atoms with Crippen LogP contribution in [-0.2, 0) is 66.9 Å². The molecule has 0 radical (unpaired) electrons. The topological polar surface area (TPSA) is 400 Å². The third kappa shape index (κ3) is 44.0. The summed E-state index contributed by atoms with van der Waals surface area (Å²) in [4.78, 5) is 119. The molecule has 0 saturated heterocycles. The van der Waals surface area contributed by atoms with Gasteiger partial charge in [-0.2, -0.15) is 0 Å². The second-order valence-electron chi connectivity index (χ2n) is 18.6. The summed E-state index contributed by atoms with van der Waals surface area (Å²) in [6.45, 7) is 2.54.